The summed E-state index contributed by atoms with van der Waals surface area (Å²) < 4.78 is 23.3. The third-order valence-electron chi connectivity index (χ3n) is 4.11. The zero-order valence-electron chi connectivity index (χ0n) is 17.0. The van der Waals surface area contributed by atoms with Gasteiger partial charge in [-0.3, -0.25) is 14.4 Å². The van der Waals surface area contributed by atoms with Crippen molar-refractivity contribution < 1.29 is 28.2 Å². The number of likely N-dealkylation sites (N-methyl/N-ethyl adjacent to an activating group) is 1. The summed E-state index contributed by atoms with van der Waals surface area (Å²) in [6, 6.07) is 12.9. The zero-order chi connectivity index (χ0) is 21.9. The number of hydrogen-bond donors (Lipinski definition) is 1. The number of anilines is 1. The second-order valence-corrected chi connectivity index (χ2v) is 6.73. The van der Waals surface area contributed by atoms with Gasteiger partial charge in [-0.2, -0.15) is 0 Å². The number of hydrogen-bond acceptors (Lipinski definition) is 5. The number of nitrogens with one attached hydrogen (secondary N) is 1. The molecule has 2 amide bonds. The minimum Gasteiger partial charge on any atom is -0.494 e. The summed E-state index contributed by atoms with van der Waals surface area (Å²) >= 11 is 0. The Balaban J connectivity index is 1.61. The molecule has 30 heavy (non-hydrogen) atoms. The van der Waals surface area contributed by atoms with Gasteiger partial charge in [0, 0.05) is 19.2 Å². The fourth-order valence-electron chi connectivity index (χ4n) is 2.40. The number of carbonyl (C=O) groups is 3. The predicted molar refractivity (Wildman–Crippen MR) is 110 cm³/mol. The van der Waals surface area contributed by atoms with Crippen LogP contribution < -0.4 is 10.1 Å². The van der Waals surface area contributed by atoms with Crippen LogP contribution in [0.1, 0.15) is 18.4 Å². The lowest BCUT2D eigenvalue weighted by atomic mass is 10.2. The maximum absolute atomic E-state index is 12.9. The molecule has 2 rings (SSSR count). The van der Waals surface area contributed by atoms with Crippen molar-refractivity contribution in [1.82, 2.24) is 4.90 Å². The number of ether oxygens (including phenoxy) is 2. The fraction of sp³-hybridized carbons (Fsp3) is 0.318. The van der Waals surface area contributed by atoms with E-state index in [1.165, 1.54) is 31.3 Å². The van der Waals surface area contributed by atoms with E-state index in [-0.39, 0.29) is 13.0 Å². The molecule has 0 spiro atoms. The Morgan fingerprint density at radius 1 is 1.03 bits per heavy atom. The van der Waals surface area contributed by atoms with E-state index in [0.29, 0.717) is 18.7 Å². The first-order valence-corrected chi connectivity index (χ1v) is 9.48. The van der Waals surface area contributed by atoms with Crippen molar-refractivity contribution in [2.45, 2.75) is 19.8 Å². The summed E-state index contributed by atoms with van der Waals surface area (Å²) in [7, 11) is 1.43. The second-order valence-electron chi connectivity index (χ2n) is 6.73. The van der Waals surface area contributed by atoms with Crippen molar-refractivity contribution in [3.63, 3.8) is 0 Å². The highest BCUT2D eigenvalue weighted by Crippen LogP contribution is 2.12. The Labute approximate surface area is 174 Å². The van der Waals surface area contributed by atoms with E-state index < -0.39 is 30.2 Å². The highest BCUT2D eigenvalue weighted by Gasteiger charge is 2.15. The maximum atomic E-state index is 12.9. The first-order chi connectivity index (χ1) is 14.3. The van der Waals surface area contributed by atoms with Gasteiger partial charge in [-0.1, -0.05) is 17.7 Å². The molecule has 0 heterocycles. The quantitative estimate of drug-likeness (QED) is 0.476. The predicted octanol–water partition coefficient (Wildman–Crippen LogP) is 2.93. The fourth-order valence-corrected chi connectivity index (χ4v) is 2.40. The van der Waals surface area contributed by atoms with Gasteiger partial charge < -0.3 is 19.7 Å². The van der Waals surface area contributed by atoms with Gasteiger partial charge in [0.2, 0.25) is 5.91 Å². The van der Waals surface area contributed by atoms with Crippen LogP contribution in [0, 0.1) is 12.7 Å². The number of rotatable bonds is 10. The summed E-state index contributed by atoms with van der Waals surface area (Å²) in [6.45, 7) is 1.67. The third-order valence-corrected chi connectivity index (χ3v) is 4.11. The first kappa shape index (κ1) is 22.9. The molecule has 7 nitrogen and oxygen atoms in total. The SMILES string of the molecule is Cc1ccc(OCCCC(=O)OCC(=O)N(C)CC(=O)Nc2ccc(F)cc2)cc1. The van der Waals surface area contributed by atoms with Crippen LogP contribution in [0.3, 0.4) is 0 Å². The standard InChI is InChI=1S/C22H25FN2O5/c1-16-5-11-19(12-6-16)29-13-3-4-22(28)30-15-21(27)25(2)14-20(26)24-18-9-7-17(23)8-10-18/h5-12H,3-4,13-15H2,1-2H3,(H,24,26). The van der Waals surface area contributed by atoms with Gasteiger partial charge >= 0.3 is 5.97 Å². The molecule has 0 saturated heterocycles. The Hall–Kier alpha value is -3.42. The van der Waals surface area contributed by atoms with Crippen LogP contribution in [0.5, 0.6) is 5.75 Å². The van der Waals surface area contributed by atoms with Gasteiger partial charge in [-0.15, -0.1) is 0 Å². The van der Waals surface area contributed by atoms with Gasteiger partial charge in [0.25, 0.3) is 5.91 Å². The Bertz CT molecular complexity index is 853. The Kier molecular flexibility index (Phi) is 8.80. The van der Waals surface area contributed by atoms with E-state index in [0.717, 1.165) is 16.2 Å². The van der Waals surface area contributed by atoms with Crippen molar-refractivity contribution in [2.75, 3.05) is 32.1 Å². The molecule has 0 radical (unpaired) electrons. The molecule has 2 aromatic carbocycles. The molecule has 0 aromatic heterocycles. The molecule has 0 aliphatic carbocycles. The monoisotopic (exact) mass is 416 g/mol. The molecule has 0 saturated carbocycles. The smallest absolute Gasteiger partial charge is 0.306 e. The van der Waals surface area contributed by atoms with Gasteiger partial charge in [-0.25, -0.2) is 4.39 Å². The summed E-state index contributed by atoms with van der Waals surface area (Å²) in [5.74, 6) is -1.15. The largest absolute Gasteiger partial charge is 0.494 e. The Morgan fingerprint density at radius 2 is 1.70 bits per heavy atom. The van der Waals surface area contributed by atoms with E-state index in [4.69, 9.17) is 9.47 Å². The number of benzene rings is 2. The molecule has 1 N–H and O–H groups in total. The maximum Gasteiger partial charge on any atom is 0.306 e. The van der Waals surface area contributed by atoms with Crippen LogP contribution in [-0.2, 0) is 19.1 Å². The minimum atomic E-state index is -0.514. The van der Waals surface area contributed by atoms with Crippen LogP contribution in [0.2, 0.25) is 0 Å². The van der Waals surface area contributed by atoms with E-state index >= 15 is 0 Å². The Morgan fingerprint density at radius 3 is 2.37 bits per heavy atom. The average molecular weight is 416 g/mol. The van der Waals surface area contributed by atoms with Gasteiger partial charge in [0.1, 0.15) is 11.6 Å². The summed E-state index contributed by atoms with van der Waals surface area (Å²) in [6.07, 6.45) is 0.574. The summed E-state index contributed by atoms with van der Waals surface area (Å²) in [4.78, 5) is 36.9. The number of nitrogens with zero attached hydrogens (tertiary/aromatic N) is 1. The lowest BCUT2D eigenvalue weighted by Gasteiger charge is -2.16. The van der Waals surface area contributed by atoms with Crippen LogP contribution >= 0.6 is 0 Å². The number of esters is 1. The number of halogens is 1. The second kappa shape index (κ2) is 11.5. The molecule has 8 heteroatoms. The number of carbonyl (C=O) groups excluding carboxylic acids is 3. The lowest BCUT2D eigenvalue weighted by Crippen LogP contribution is -2.37. The molecular weight excluding hydrogens is 391 g/mol. The summed E-state index contributed by atoms with van der Waals surface area (Å²) in [5.41, 5.74) is 1.55. The van der Waals surface area contributed by atoms with Crippen LogP contribution in [0.4, 0.5) is 10.1 Å². The lowest BCUT2D eigenvalue weighted by molar-refractivity contribution is -0.152. The van der Waals surface area contributed by atoms with Crippen LogP contribution in [-0.4, -0.2) is 49.5 Å². The molecule has 0 unspecified atom stereocenters. The molecule has 0 atom stereocenters. The molecule has 160 valence electrons. The molecule has 0 fully saturated rings. The van der Waals surface area contributed by atoms with Crippen molar-refractivity contribution in [3.8, 4) is 5.75 Å². The highest BCUT2D eigenvalue weighted by atomic mass is 19.1. The summed E-state index contributed by atoms with van der Waals surface area (Å²) in [5, 5.41) is 2.55. The first-order valence-electron chi connectivity index (χ1n) is 9.48. The van der Waals surface area contributed by atoms with Crippen molar-refractivity contribution in [3.05, 3.63) is 59.9 Å². The number of aryl methyl sites for hydroxylation is 1. The normalized spacial score (nSPS) is 10.2. The van der Waals surface area contributed by atoms with Gasteiger partial charge in [-0.05, 0) is 49.7 Å². The molecular formula is C22H25FN2O5. The third kappa shape index (κ3) is 8.30. The highest BCUT2D eigenvalue weighted by molar-refractivity contribution is 5.94. The molecule has 0 aliphatic rings. The van der Waals surface area contributed by atoms with E-state index in [9.17, 15) is 18.8 Å². The van der Waals surface area contributed by atoms with E-state index in [1.807, 2.05) is 31.2 Å². The minimum absolute atomic E-state index is 0.119. The molecule has 2 aromatic rings. The van der Waals surface area contributed by atoms with Gasteiger partial charge in [0.05, 0.1) is 13.2 Å². The van der Waals surface area contributed by atoms with Gasteiger partial charge in [0.15, 0.2) is 6.61 Å². The number of amides is 2. The van der Waals surface area contributed by atoms with Crippen LogP contribution in [0.25, 0.3) is 0 Å². The zero-order valence-corrected chi connectivity index (χ0v) is 17.0. The topological polar surface area (TPSA) is 84.9 Å². The van der Waals surface area contributed by atoms with Crippen LogP contribution in [0.15, 0.2) is 48.5 Å². The van der Waals surface area contributed by atoms with Crippen molar-refractivity contribution >= 4 is 23.5 Å². The molecule has 0 bridgehead atoms. The average Bonchev–Trinajstić information content (AvgIpc) is 2.72. The van der Waals surface area contributed by atoms with Crippen molar-refractivity contribution in [2.24, 2.45) is 0 Å². The van der Waals surface area contributed by atoms with Crippen molar-refractivity contribution in [1.29, 1.82) is 0 Å². The van der Waals surface area contributed by atoms with E-state index in [1.54, 1.807) is 0 Å². The van der Waals surface area contributed by atoms with E-state index in [2.05, 4.69) is 5.32 Å². The molecule has 0 aliphatic heterocycles.